The second-order valence-electron chi connectivity index (χ2n) is 5.38. The zero-order valence-electron chi connectivity index (χ0n) is 10.9. The fourth-order valence-corrected chi connectivity index (χ4v) is 1.91. The van der Waals surface area contributed by atoms with Crippen molar-refractivity contribution in [1.82, 2.24) is 5.32 Å². The van der Waals surface area contributed by atoms with Crippen molar-refractivity contribution in [2.75, 3.05) is 13.7 Å². The third-order valence-electron chi connectivity index (χ3n) is 2.58. The maximum atomic E-state index is 11.6. The number of carbonyl (C=O) groups excluding carboxylic acids is 2. The van der Waals surface area contributed by atoms with Crippen LogP contribution in [0.25, 0.3) is 0 Å². The first-order valence-corrected chi connectivity index (χ1v) is 5.85. The molecule has 1 N–H and O–H groups in total. The Morgan fingerprint density at radius 3 is 2.53 bits per heavy atom. The van der Waals surface area contributed by atoms with Gasteiger partial charge in [0.05, 0.1) is 7.11 Å². The number of nitrogens with one attached hydrogen (secondary N) is 1. The summed E-state index contributed by atoms with van der Waals surface area (Å²) < 4.78 is 9.89. The van der Waals surface area contributed by atoms with Crippen molar-refractivity contribution in [3.05, 3.63) is 0 Å². The summed E-state index contributed by atoms with van der Waals surface area (Å²) in [6.45, 7) is 6.18. The molecule has 0 bridgehead atoms. The molecule has 0 spiro atoms. The maximum Gasteiger partial charge on any atom is 0.322 e. The Morgan fingerprint density at radius 2 is 2.00 bits per heavy atom. The van der Waals surface area contributed by atoms with E-state index in [9.17, 15) is 9.59 Å². The van der Waals surface area contributed by atoms with Crippen LogP contribution in [0.2, 0.25) is 0 Å². The molecule has 1 aliphatic heterocycles. The van der Waals surface area contributed by atoms with Crippen molar-refractivity contribution in [1.29, 1.82) is 0 Å². The van der Waals surface area contributed by atoms with Gasteiger partial charge in [0.1, 0.15) is 11.6 Å². The average molecular weight is 243 g/mol. The van der Waals surface area contributed by atoms with Crippen LogP contribution in [0, 0.1) is 5.92 Å². The van der Waals surface area contributed by atoms with Gasteiger partial charge in [0.25, 0.3) is 0 Å². The highest BCUT2D eigenvalue weighted by atomic mass is 16.6. The van der Waals surface area contributed by atoms with Crippen molar-refractivity contribution in [2.45, 2.75) is 45.3 Å². The summed E-state index contributed by atoms with van der Waals surface area (Å²) in [5.41, 5.74) is -0.454. The van der Waals surface area contributed by atoms with Crippen LogP contribution in [0.5, 0.6) is 0 Å². The average Bonchev–Trinajstić information content (AvgIpc) is 2.62. The quantitative estimate of drug-likeness (QED) is 0.745. The van der Waals surface area contributed by atoms with Crippen LogP contribution < -0.4 is 5.32 Å². The van der Waals surface area contributed by atoms with Crippen molar-refractivity contribution < 1.29 is 19.1 Å². The zero-order valence-corrected chi connectivity index (χ0v) is 10.9. The van der Waals surface area contributed by atoms with E-state index in [1.807, 2.05) is 20.8 Å². The predicted molar refractivity (Wildman–Crippen MR) is 62.4 cm³/mol. The van der Waals surface area contributed by atoms with E-state index in [0.717, 1.165) is 0 Å². The molecule has 0 aliphatic carbocycles. The zero-order chi connectivity index (χ0) is 13.1. The number of hydrogen-bond donors (Lipinski definition) is 1. The van der Waals surface area contributed by atoms with E-state index in [1.54, 1.807) is 0 Å². The normalized spacial score (nSPS) is 24.5. The molecule has 0 aromatic rings. The van der Waals surface area contributed by atoms with Crippen molar-refractivity contribution in [3.8, 4) is 0 Å². The van der Waals surface area contributed by atoms with Crippen LogP contribution in [-0.2, 0) is 19.1 Å². The van der Waals surface area contributed by atoms with Crippen LogP contribution in [-0.4, -0.2) is 37.2 Å². The van der Waals surface area contributed by atoms with Crippen LogP contribution in [0.4, 0.5) is 0 Å². The van der Waals surface area contributed by atoms with Gasteiger partial charge >= 0.3 is 11.9 Å². The van der Waals surface area contributed by atoms with Crippen LogP contribution in [0.1, 0.15) is 33.6 Å². The van der Waals surface area contributed by atoms with Gasteiger partial charge in [0, 0.05) is 6.42 Å². The molecule has 5 heteroatoms. The number of carbonyl (C=O) groups is 2. The molecule has 1 rings (SSSR count). The molecule has 1 fully saturated rings. The van der Waals surface area contributed by atoms with Crippen molar-refractivity contribution in [2.24, 2.45) is 5.92 Å². The third-order valence-corrected chi connectivity index (χ3v) is 2.58. The fourth-order valence-electron chi connectivity index (χ4n) is 1.91. The van der Waals surface area contributed by atoms with E-state index in [-0.39, 0.29) is 23.9 Å². The SMILES string of the molecule is COC(=O)[C@H]1C[C@@H](CC(=O)OC(C)(C)C)CN1. The van der Waals surface area contributed by atoms with Gasteiger partial charge in [-0.05, 0) is 39.7 Å². The molecule has 0 unspecified atom stereocenters. The Bertz CT molecular complexity index is 295. The lowest BCUT2D eigenvalue weighted by atomic mass is 10.0. The molecule has 0 aromatic heterocycles. The molecule has 5 nitrogen and oxygen atoms in total. The summed E-state index contributed by atoms with van der Waals surface area (Å²) in [6, 6.07) is -0.285. The molecular formula is C12H21NO4. The van der Waals surface area contributed by atoms with Gasteiger partial charge in [-0.2, -0.15) is 0 Å². The Hall–Kier alpha value is -1.10. The lowest BCUT2D eigenvalue weighted by Gasteiger charge is -2.20. The summed E-state index contributed by atoms with van der Waals surface area (Å²) in [5, 5.41) is 3.04. The molecule has 17 heavy (non-hydrogen) atoms. The van der Waals surface area contributed by atoms with Gasteiger partial charge in [-0.25, -0.2) is 0 Å². The topological polar surface area (TPSA) is 64.6 Å². The molecule has 0 radical (unpaired) electrons. The molecule has 0 aromatic carbocycles. The molecular weight excluding hydrogens is 222 g/mol. The van der Waals surface area contributed by atoms with E-state index in [0.29, 0.717) is 19.4 Å². The summed E-state index contributed by atoms with van der Waals surface area (Å²) >= 11 is 0. The molecule has 1 aliphatic rings. The summed E-state index contributed by atoms with van der Waals surface area (Å²) in [5.74, 6) is -0.333. The molecule has 98 valence electrons. The number of ether oxygens (including phenoxy) is 2. The smallest absolute Gasteiger partial charge is 0.322 e. The fraction of sp³-hybridized carbons (Fsp3) is 0.833. The Labute approximate surface area is 102 Å². The number of esters is 2. The molecule has 0 saturated carbocycles. The Balaban J connectivity index is 2.35. The number of methoxy groups -OCH3 is 1. The first kappa shape index (κ1) is 14.0. The molecule has 1 saturated heterocycles. The van der Waals surface area contributed by atoms with E-state index in [2.05, 4.69) is 10.1 Å². The summed E-state index contributed by atoms with van der Waals surface area (Å²) in [4.78, 5) is 22.9. The highest BCUT2D eigenvalue weighted by molar-refractivity contribution is 5.76. The van der Waals surface area contributed by atoms with E-state index in [4.69, 9.17) is 4.74 Å². The third kappa shape index (κ3) is 4.73. The number of rotatable bonds is 3. The van der Waals surface area contributed by atoms with Crippen molar-refractivity contribution >= 4 is 11.9 Å². The van der Waals surface area contributed by atoms with E-state index >= 15 is 0 Å². The maximum absolute atomic E-state index is 11.6. The Morgan fingerprint density at radius 1 is 1.35 bits per heavy atom. The summed E-state index contributed by atoms with van der Waals surface area (Å²) in [6.07, 6.45) is 0.976. The van der Waals surface area contributed by atoms with Gasteiger partial charge in [0.2, 0.25) is 0 Å². The van der Waals surface area contributed by atoms with Crippen LogP contribution in [0.3, 0.4) is 0 Å². The second-order valence-corrected chi connectivity index (χ2v) is 5.38. The largest absolute Gasteiger partial charge is 0.468 e. The molecule has 2 atom stereocenters. The minimum Gasteiger partial charge on any atom is -0.468 e. The van der Waals surface area contributed by atoms with E-state index in [1.165, 1.54) is 7.11 Å². The van der Waals surface area contributed by atoms with Crippen molar-refractivity contribution in [3.63, 3.8) is 0 Å². The standard InChI is InChI=1S/C12H21NO4/c1-12(2,3)17-10(14)6-8-5-9(13-7-8)11(15)16-4/h8-9,13H,5-7H2,1-4H3/t8-,9+/m0/s1. The second kappa shape index (κ2) is 5.49. The molecule has 1 heterocycles. The monoisotopic (exact) mass is 243 g/mol. The van der Waals surface area contributed by atoms with Gasteiger partial charge in [-0.3, -0.25) is 9.59 Å². The highest BCUT2D eigenvalue weighted by Crippen LogP contribution is 2.20. The lowest BCUT2D eigenvalue weighted by Crippen LogP contribution is -2.31. The minimum atomic E-state index is -0.454. The summed E-state index contributed by atoms with van der Waals surface area (Å²) in [7, 11) is 1.37. The Kier molecular flexibility index (Phi) is 4.51. The van der Waals surface area contributed by atoms with E-state index < -0.39 is 5.60 Å². The van der Waals surface area contributed by atoms with Crippen LogP contribution in [0.15, 0.2) is 0 Å². The highest BCUT2D eigenvalue weighted by Gasteiger charge is 2.32. The first-order valence-electron chi connectivity index (χ1n) is 5.85. The van der Waals surface area contributed by atoms with Crippen LogP contribution >= 0.6 is 0 Å². The predicted octanol–water partition coefficient (Wildman–Crippen LogP) is 0.869. The van der Waals surface area contributed by atoms with Gasteiger partial charge in [-0.1, -0.05) is 0 Å². The first-order chi connectivity index (χ1) is 7.81. The molecule has 0 amide bonds. The van der Waals surface area contributed by atoms with Gasteiger partial charge in [0.15, 0.2) is 0 Å². The number of hydrogen-bond acceptors (Lipinski definition) is 5. The minimum absolute atomic E-state index is 0.147. The lowest BCUT2D eigenvalue weighted by molar-refractivity contribution is -0.156. The van der Waals surface area contributed by atoms with Gasteiger partial charge in [-0.15, -0.1) is 0 Å². The van der Waals surface area contributed by atoms with Gasteiger partial charge < -0.3 is 14.8 Å².